The van der Waals surface area contributed by atoms with Gasteiger partial charge in [0.15, 0.2) is 0 Å². The Morgan fingerprint density at radius 3 is 2.63 bits per heavy atom. The van der Waals surface area contributed by atoms with E-state index in [-0.39, 0.29) is 12.1 Å². The predicted molar refractivity (Wildman–Crippen MR) is 118 cm³/mol. The molecule has 0 unspecified atom stereocenters. The van der Waals surface area contributed by atoms with Gasteiger partial charge in [0.05, 0.1) is 45.3 Å². The molecule has 2 aromatic heterocycles. The van der Waals surface area contributed by atoms with E-state index in [9.17, 15) is 9.32 Å². The van der Waals surface area contributed by atoms with Crippen LogP contribution in [0.1, 0.15) is 49.3 Å². The zero-order chi connectivity index (χ0) is 20.7. The van der Waals surface area contributed by atoms with Crippen molar-refractivity contribution in [2.45, 2.75) is 54.9 Å². The number of anilines is 2. The summed E-state index contributed by atoms with van der Waals surface area (Å²) in [6.07, 6.45) is 8.98. The molecule has 1 saturated carbocycles. The number of fused-ring (bicyclic) bond motifs is 1. The highest BCUT2D eigenvalue weighted by atomic mass is 35.5. The fourth-order valence-corrected chi connectivity index (χ4v) is 6.14. The molecule has 0 bridgehead atoms. The van der Waals surface area contributed by atoms with Crippen molar-refractivity contribution >= 4 is 34.2 Å². The number of aromatic nitrogens is 3. The molecule has 1 aliphatic carbocycles. The van der Waals surface area contributed by atoms with Crippen LogP contribution in [-0.4, -0.2) is 55.3 Å². The third-order valence-electron chi connectivity index (χ3n) is 6.65. The molecule has 9 heteroatoms. The lowest BCUT2D eigenvalue weighted by Gasteiger charge is -2.42. The molecule has 3 aliphatic rings. The van der Waals surface area contributed by atoms with Crippen molar-refractivity contribution < 1.29 is 9.32 Å². The first kappa shape index (κ1) is 20.2. The van der Waals surface area contributed by atoms with Crippen LogP contribution in [-0.2, 0) is 17.2 Å². The van der Waals surface area contributed by atoms with Crippen LogP contribution in [0, 0.1) is 0 Å². The van der Waals surface area contributed by atoms with Gasteiger partial charge in [0.1, 0.15) is 5.82 Å². The minimum atomic E-state index is -1.01. The maximum atomic E-state index is 12.6. The van der Waals surface area contributed by atoms with Crippen LogP contribution in [0.25, 0.3) is 0 Å². The van der Waals surface area contributed by atoms with Crippen LogP contribution in [0.2, 0.25) is 5.02 Å². The number of aryl methyl sites for hydroxylation is 1. The van der Waals surface area contributed by atoms with Crippen molar-refractivity contribution in [3.05, 3.63) is 34.7 Å². The van der Waals surface area contributed by atoms with Gasteiger partial charge < -0.3 is 15.3 Å². The first-order valence-corrected chi connectivity index (χ1v) is 12.3. The number of nitrogens with zero attached hydrogens (tertiary/aromatic N) is 4. The summed E-state index contributed by atoms with van der Waals surface area (Å²) in [5.74, 6) is 2.45. The van der Waals surface area contributed by atoms with Crippen LogP contribution >= 0.6 is 11.6 Å². The van der Waals surface area contributed by atoms with E-state index in [1.54, 1.807) is 12.4 Å². The van der Waals surface area contributed by atoms with Gasteiger partial charge in [-0.25, -0.2) is 15.0 Å². The van der Waals surface area contributed by atoms with E-state index in [0.717, 1.165) is 73.6 Å². The summed E-state index contributed by atoms with van der Waals surface area (Å²) in [7, 11) is -1.01. The minimum absolute atomic E-state index is 0.0831. The first-order valence-electron chi connectivity index (χ1n) is 10.6. The molecule has 2 aromatic rings. The van der Waals surface area contributed by atoms with E-state index in [4.69, 9.17) is 16.6 Å². The lowest BCUT2D eigenvalue weighted by atomic mass is 9.77. The fraction of sp³-hybridized carbons (Fsp3) is 0.571. The molecule has 4 heterocycles. The second kappa shape index (κ2) is 8.05. The quantitative estimate of drug-likeness (QED) is 0.728. The number of hydrogen-bond donors (Lipinski definition) is 2. The first-order chi connectivity index (χ1) is 14.6. The Labute approximate surface area is 183 Å². The molecule has 2 aliphatic heterocycles. The number of halogens is 1. The van der Waals surface area contributed by atoms with Crippen molar-refractivity contribution in [3.8, 4) is 0 Å². The van der Waals surface area contributed by atoms with Gasteiger partial charge in [-0.15, -0.1) is 0 Å². The number of rotatable bonds is 5. The lowest BCUT2D eigenvalue weighted by Crippen LogP contribution is -2.48. The monoisotopic (exact) mass is 447 g/mol. The Morgan fingerprint density at radius 1 is 1.27 bits per heavy atom. The summed E-state index contributed by atoms with van der Waals surface area (Å²) in [6, 6.07) is 2.16. The van der Waals surface area contributed by atoms with Crippen LogP contribution in [0.15, 0.2) is 23.4 Å². The van der Waals surface area contributed by atoms with Crippen molar-refractivity contribution in [2.75, 3.05) is 35.7 Å². The standard InChI is InChI=1S/C21H26ClN5O2S/c22-16-11-23-20(24-12-16)27-7-2-14(3-8-27)17-10-15-4-9-30(29)18(15)19(25-17)26-21(13-28)5-1-6-21/h10-12,14,28H,1-9,13H2,(H,25,26)/t30-/m0/s1. The molecule has 30 heavy (non-hydrogen) atoms. The number of aliphatic hydroxyl groups excluding tert-OH is 1. The number of hydrogen-bond acceptors (Lipinski definition) is 7. The summed E-state index contributed by atoms with van der Waals surface area (Å²) in [5.41, 5.74) is 1.91. The Bertz CT molecular complexity index is 953. The highest BCUT2D eigenvalue weighted by Crippen LogP contribution is 2.40. The fourth-order valence-electron chi connectivity index (χ4n) is 4.67. The Balaban J connectivity index is 1.37. The Kier molecular flexibility index (Phi) is 5.41. The number of nitrogens with one attached hydrogen (secondary N) is 1. The van der Waals surface area contributed by atoms with E-state index in [1.807, 2.05) is 0 Å². The van der Waals surface area contributed by atoms with Gasteiger partial charge in [-0.3, -0.25) is 4.21 Å². The molecule has 7 nitrogen and oxygen atoms in total. The van der Waals surface area contributed by atoms with Gasteiger partial charge in [0.25, 0.3) is 0 Å². The normalized spacial score (nSPS) is 23.1. The third kappa shape index (κ3) is 3.69. The molecule has 5 rings (SSSR count). The molecule has 0 spiro atoms. The zero-order valence-corrected chi connectivity index (χ0v) is 18.4. The second-order valence-electron chi connectivity index (χ2n) is 8.56. The summed E-state index contributed by atoms with van der Waals surface area (Å²) < 4.78 is 12.6. The maximum Gasteiger partial charge on any atom is 0.225 e. The summed E-state index contributed by atoms with van der Waals surface area (Å²) in [6.45, 7) is 1.81. The highest BCUT2D eigenvalue weighted by Gasteiger charge is 2.39. The highest BCUT2D eigenvalue weighted by molar-refractivity contribution is 7.85. The van der Waals surface area contributed by atoms with Crippen LogP contribution < -0.4 is 10.2 Å². The van der Waals surface area contributed by atoms with E-state index in [1.165, 1.54) is 0 Å². The van der Waals surface area contributed by atoms with Crippen molar-refractivity contribution in [3.63, 3.8) is 0 Å². The molecular formula is C21H26ClN5O2S. The predicted octanol–water partition coefficient (Wildman–Crippen LogP) is 2.90. The Morgan fingerprint density at radius 2 is 2.00 bits per heavy atom. The van der Waals surface area contributed by atoms with E-state index < -0.39 is 10.8 Å². The molecular weight excluding hydrogens is 422 g/mol. The van der Waals surface area contributed by atoms with Crippen molar-refractivity contribution in [2.24, 2.45) is 0 Å². The summed E-state index contributed by atoms with van der Waals surface area (Å²) in [5, 5.41) is 13.9. The summed E-state index contributed by atoms with van der Waals surface area (Å²) >= 11 is 5.90. The van der Waals surface area contributed by atoms with E-state index in [0.29, 0.717) is 22.6 Å². The van der Waals surface area contributed by atoms with E-state index in [2.05, 4.69) is 26.3 Å². The number of pyridine rings is 1. The lowest BCUT2D eigenvalue weighted by molar-refractivity contribution is 0.143. The minimum Gasteiger partial charge on any atom is -0.394 e. The van der Waals surface area contributed by atoms with Crippen LogP contribution in [0.5, 0.6) is 0 Å². The Hall–Kier alpha value is -1.77. The van der Waals surface area contributed by atoms with Gasteiger partial charge in [-0.05, 0) is 50.2 Å². The summed E-state index contributed by atoms with van der Waals surface area (Å²) in [4.78, 5) is 16.7. The van der Waals surface area contributed by atoms with Gasteiger partial charge in [-0.2, -0.15) is 0 Å². The SMILES string of the molecule is O=[S@]1CCc2cc(C3CCN(c4ncc(Cl)cn4)CC3)nc(NC3(CO)CCC3)c21. The molecule has 0 radical (unpaired) electrons. The van der Waals surface area contributed by atoms with Gasteiger partial charge in [0, 0.05) is 30.5 Å². The number of piperidine rings is 1. The van der Waals surface area contributed by atoms with E-state index >= 15 is 0 Å². The van der Waals surface area contributed by atoms with Gasteiger partial charge in [-0.1, -0.05) is 11.6 Å². The zero-order valence-electron chi connectivity index (χ0n) is 16.8. The van der Waals surface area contributed by atoms with Gasteiger partial charge >= 0.3 is 0 Å². The van der Waals surface area contributed by atoms with Crippen LogP contribution in [0.4, 0.5) is 11.8 Å². The maximum absolute atomic E-state index is 12.6. The number of aliphatic hydroxyl groups is 1. The second-order valence-corrected chi connectivity index (χ2v) is 10.5. The molecule has 2 fully saturated rings. The largest absolute Gasteiger partial charge is 0.394 e. The molecule has 2 N–H and O–H groups in total. The van der Waals surface area contributed by atoms with Crippen LogP contribution in [0.3, 0.4) is 0 Å². The molecule has 1 saturated heterocycles. The molecule has 1 atom stereocenters. The van der Waals surface area contributed by atoms with Gasteiger partial charge in [0.2, 0.25) is 5.95 Å². The average Bonchev–Trinajstić information content (AvgIpc) is 3.12. The molecule has 0 amide bonds. The van der Waals surface area contributed by atoms with Crippen molar-refractivity contribution in [1.82, 2.24) is 15.0 Å². The molecule has 160 valence electrons. The van der Waals surface area contributed by atoms with Crippen molar-refractivity contribution in [1.29, 1.82) is 0 Å². The average molecular weight is 448 g/mol. The topological polar surface area (TPSA) is 91.2 Å². The third-order valence-corrected chi connectivity index (χ3v) is 8.33. The smallest absolute Gasteiger partial charge is 0.225 e. The molecule has 0 aromatic carbocycles.